The molecule has 6 heteroatoms. The summed E-state index contributed by atoms with van der Waals surface area (Å²) in [6.45, 7) is 7.16. The van der Waals surface area contributed by atoms with Crippen LogP contribution in [-0.4, -0.2) is 41.6 Å². The second kappa shape index (κ2) is 9.65. The van der Waals surface area contributed by atoms with E-state index in [1.807, 2.05) is 63.2 Å². The lowest BCUT2D eigenvalue weighted by Gasteiger charge is -2.33. The van der Waals surface area contributed by atoms with Gasteiger partial charge in [-0.2, -0.15) is 0 Å². The summed E-state index contributed by atoms with van der Waals surface area (Å²) in [5.41, 5.74) is 1.13. The number of piperidine rings is 1. The van der Waals surface area contributed by atoms with Gasteiger partial charge in [0, 0.05) is 24.7 Å². The van der Waals surface area contributed by atoms with Crippen LogP contribution in [0.2, 0.25) is 0 Å². The van der Waals surface area contributed by atoms with Gasteiger partial charge in [-0.05, 0) is 57.4 Å². The predicted octanol–water partition coefficient (Wildman–Crippen LogP) is 4.39. The third-order valence-corrected chi connectivity index (χ3v) is 4.83. The van der Waals surface area contributed by atoms with E-state index in [-0.39, 0.29) is 18.0 Å². The van der Waals surface area contributed by atoms with E-state index in [1.165, 1.54) is 0 Å². The maximum Gasteiger partial charge on any atom is 0.410 e. The Morgan fingerprint density at radius 2 is 1.73 bits per heavy atom. The van der Waals surface area contributed by atoms with Crippen molar-refractivity contribution in [3.8, 4) is 5.75 Å². The number of rotatable bonds is 5. The highest BCUT2D eigenvalue weighted by Crippen LogP contribution is 2.18. The van der Waals surface area contributed by atoms with Gasteiger partial charge in [0.05, 0.1) is 0 Å². The van der Waals surface area contributed by atoms with E-state index in [9.17, 15) is 9.59 Å². The highest BCUT2D eigenvalue weighted by Gasteiger charge is 2.27. The number of amides is 2. The molecule has 2 aromatic rings. The average Bonchev–Trinajstić information content (AvgIpc) is 2.72. The van der Waals surface area contributed by atoms with E-state index in [0.29, 0.717) is 43.9 Å². The molecule has 6 nitrogen and oxygen atoms in total. The number of nitrogens with one attached hydrogen (secondary N) is 1. The molecule has 0 aliphatic carbocycles. The summed E-state index contributed by atoms with van der Waals surface area (Å²) < 4.78 is 11.2. The molecule has 0 unspecified atom stereocenters. The Morgan fingerprint density at radius 3 is 2.40 bits per heavy atom. The zero-order valence-corrected chi connectivity index (χ0v) is 17.9. The SMILES string of the molecule is CC(C)(C)OC(=O)N1CCC(NC(=O)c2cccc(OCc3ccccc3)c2)CC1. The van der Waals surface area contributed by atoms with Crippen molar-refractivity contribution < 1.29 is 19.1 Å². The molecule has 2 aromatic carbocycles. The van der Waals surface area contributed by atoms with Crippen molar-refractivity contribution in [2.24, 2.45) is 0 Å². The van der Waals surface area contributed by atoms with Crippen molar-refractivity contribution >= 4 is 12.0 Å². The number of nitrogens with zero attached hydrogens (tertiary/aromatic N) is 1. The maximum absolute atomic E-state index is 12.7. The molecule has 1 N–H and O–H groups in total. The van der Waals surface area contributed by atoms with Gasteiger partial charge in [0.25, 0.3) is 5.91 Å². The van der Waals surface area contributed by atoms with Crippen LogP contribution in [0.5, 0.6) is 5.75 Å². The van der Waals surface area contributed by atoms with Gasteiger partial charge in [-0.3, -0.25) is 4.79 Å². The fourth-order valence-electron chi connectivity index (χ4n) is 3.27. The molecular formula is C24H30N2O4. The lowest BCUT2D eigenvalue weighted by Crippen LogP contribution is -2.47. The van der Waals surface area contributed by atoms with Crippen LogP contribution in [0, 0.1) is 0 Å². The normalized spacial score (nSPS) is 14.8. The van der Waals surface area contributed by atoms with E-state index in [4.69, 9.17) is 9.47 Å². The number of carbonyl (C=O) groups excluding carboxylic acids is 2. The Hall–Kier alpha value is -3.02. The second-order valence-corrected chi connectivity index (χ2v) is 8.52. The minimum atomic E-state index is -0.504. The van der Waals surface area contributed by atoms with Crippen molar-refractivity contribution in [2.45, 2.75) is 51.9 Å². The molecule has 0 spiro atoms. The Balaban J connectivity index is 1.49. The van der Waals surface area contributed by atoms with Crippen LogP contribution in [0.4, 0.5) is 4.79 Å². The van der Waals surface area contributed by atoms with E-state index in [0.717, 1.165) is 5.56 Å². The first-order valence-electron chi connectivity index (χ1n) is 10.4. The van der Waals surface area contributed by atoms with Crippen LogP contribution in [0.25, 0.3) is 0 Å². The fraction of sp³-hybridized carbons (Fsp3) is 0.417. The second-order valence-electron chi connectivity index (χ2n) is 8.52. The lowest BCUT2D eigenvalue weighted by atomic mass is 10.0. The Morgan fingerprint density at radius 1 is 1.03 bits per heavy atom. The Kier molecular flexibility index (Phi) is 6.98. The zero-order valence-electron chi connectivity index (χ0n) is 17.9. The smallest absolute Gasteiger partial charge is 0.410 e. The summed E-state index contributed by atoms with van der Waals surface area (Å²) in [6, 6.07) is 17.1. The summed E-state index contributed by atoms with van der Waals surface area (Å²) in [4.78, 5) is 26.5. The van der Waals surface area contributed by atoms with Gasteiger partial charge in [0.15, 0.2) is 0 Å². The minimum absolute atomic E-state index is 0.0325. The number of carbonyl (C=O) groups is 2. The van der Waals surface area contributed by atoms with Gasteiger partial charge in [-0.1, -0.05) is 36.4 Å². The van der Waals surface area contributed by atoms with Crippen LogP contribution in [0.1, 0.15) is 49.5 Å². The molecule has 1 fully saturated rings. The van der Waals surface area contributed by atoms with E-state index >= 15 is 0 Å². The first-order valence-corrected chi connectivity index (χ1v) is 10.4. The summed E-state index contributed by atoms with van der Waals surface area (Å²) in [5, 5.41) is 3.07. The Labute approximate surface area is 178 Å². The summed E-state index contributed by atoms with van der Waals surface area (Å²) in [5.74, 6) is 0.530. The van der Waals surface area contributed by atoms with Crippen LogP contribution in [0.3, 0.4) is 0 Å². The number of hydrogen-bond acceptors (Lipinski definition) is 4. The van der Waals surface area contributed by atoms with Gasteiger partial charge in [-0.15, -0.1) is 0 Å². The average molecular weight is 411 g/mol. The minimum Gasteiger partial charge on any atom is -0.489 e. The first kappa shape index (κ1) is 21.7. The first-order chi connectivity index (χ1) is 14.3. The lowest BCUT2D eigenvalue weighted by molar-refractivity contribution is 0.0199. The Bertz CT molecular complexity index is 853. The molecule has 0 aromatic heterocycles. The number of benzene rings is 2. The summed E-state index contributed by atoms with van der Waals surface area (Å²) in [6.07, 6.45) is 1.11. The highest BCUT2D eigenvalue weighted by atomic mass is 16.6. The van der Waals surface area contributed by atoms with Crippen molar-refractivity contribution in [1.29, 1.82) is 0 Å². The third-order valence-electron chi connectivity index (χ3n) is 4.83. The summed E-state index contributed by atoms with van der Waals surface area (Å²) >= 11 is 0. The maximum atomic E-state index is 12.7. The molecule has 0 saturated carbocycles. The van der Waals surface area contributed by atoms with Gasteiger partial charge < -0.3 is 19.7 Å². The van der Waals surface area contributed by atoms with E-state index in [1.54, 1.807) is 17.0 Å². The molecule has 1 saturated heterocycles. The predicted molar refractivity (Wildman–Crippen MR) is 116 cm³/mol. The molecule has 3 rings (SSSR count). The van der Waals surface area contributed by atoms with Crippen LogP contribution in [-0.2, 0) is 11.3 Å². The van der Waals surface area contributed by atoms with Crippen molar-refractivity contribution in [3.05, 3.63) is 65.7 Å². The standard InChI is InChI=1S/C24H30N2O4/c1-24(2,3)30-23(28)26-14-12-20(13-15-26)25-22(27)19-10-7-11-21(16-19)29-17-18-8-5-4-6-9-18/h4-11,16,20H,12-15,17H2,1-3H3,(H,25,27). The number of hydrogen-bond donors (Lipinski definition) is 1. The number of likely N-dealkylation sites (tertiary alicyclic amines) is 1. The quantitative estimate of drug-likeness (QED) is 0.794. The number of ether oxygens (including phenoxy) is 2. The largest absolute Gasteiger partial charge is 0.489 e. The molecule has 0 radical (unpaired) electrons. The van der Waals surface area contributed by atoms with Gasteiger partial charge >= 0.3 is 6.09 Å². The monoisotopic (exact) mass is 410 g/mol. The molecule has 1 aliphatic rings. The molecule has 0 bridgehead atoms. The summed E-state index contributed by atoms with van der Waals surface area (Å²) in [7, 11) is 0. The molecular weight excluding hydrogens is 380 g/mol. The van der Waals surface area contributed by atoms with Crippen LogP contribution >= 0.6 is 0 Å². The van der Waals surface area contributed by atoms with Crippen molar-refractivity contribution in [2.75, 3.05) is 13.1 Å². The van der Waals surface area contributed by atoms with Gasteiger partial charge in [0.2, 0.25) is 0 Å². The van der Waals surface area contributed by atoms with E-state index < -0.39 is 5.60 Å². The highest BCUT2D eigenvalue weighted by molar-refractivity contribution is 5.94. The zero-order chi connectivity index (χ0) is 21.6. The topological polar surface area (TPSA) is 67.9 Å². The molecule has 1 heterocycles. The van der Waals surface area contributed by atoms with E-state index in [2.05, 4.69) is 5.32 Å². The fourth-order valence-corrected chi connectivity index (χ4v) is 3.27. The molecule has 1 aliphatic heterocycles. The van der Waals surface area contributed by atoms with Crippen molar-refractivity contribution in [3.63, 3.8) is 0 Å². The van der Waals surface area contributed by atoms with Gasteiger partial charge in [0.1, 0.15) is 18.0 Å². The van der Waals surface area contributed by atoms with Crippen LogP contribution in [0.15, 0.2) is 54.6 Å². The van der Waals surface area contributed by atoms with Gasteiger partial charge in [-0.25, -0.2) is 4.79 Å². The molecule has 30 heavy (non-hydrogen) atoms. The molecule has 160 valence electrons. The molecule has 0 atom stereocenters. The molecule has 2 amide bonds. The van der Waals surface area contributed by atoms with Crippen LogP contribution < -0.4 is 10.1 Å². The van der Waals surface area contributed by atoms with Crippen molar-refractivity contribution in [1.82, 2.24) is 10.2 Å². The third kappa shape index (κ3) is 6.51.